The number of benzene rings is 3. The molecule has 0 spiro atoms. The Bertz CT molecular complexity index is 824. The van der Waals surface area contributed by atoms with Crippen LogP contribution in [-0.4, -0.2) is 11.9 Å². The van der Waals surface area contributed by atoms with Gasteiger partial charge >= 0.3 is 0 Å². The second-order valence-corrected chi connectivity index (χ2v) is 5.51. The summed E-state index contributed by atoms with van der Waals surface area (Å²) < 4.78 is 5.84. The van der Waals surface area contributed by atoms with Crippen molar-refractivity contribution in [3.63, 3.8) is 0 Å². The third-order valence-corrected chi connectivity index (χ3v) is 3.86. The minimum absolute atomic E-state index is 0.00456. The molecule has 2 N–H and O–H groups in total. The number of nitrogens with two attached hydrogens (primary N) is 1. The molecular weight excluding hydrogens is 286 g/mol. The van der Waals surface area contributed by atoms with Crippen LogP contribution in [-0.2, 0) is 0 Å². The van der Waals surface area contributed by atoms with Crippen LogP contribution in [0.3, 0.4) is 0 Å². The monoisotopic (exact) mass is 305 g/mol. The van der Waals surface area contributed by atoms with Gasteiger partial charge in [-0.25, -0.2) is 0 Å². The fourth-order valence-corrected chi connectivity index (χ4v) is 2.56. The highest BCUT2D eigenvalue weighted by atomic mass is 16.5. The number of fused-ring (bicyclic) bond motifs is 1. The number of anilines is 1. The van der Waals surface area contributed by atoms with Crippen molar-refractivity contribution in [3.8, 4) is 5.75 Å². The number of ether oxygens (including phenoxy) is 1. The SMILES string of the molecule is CCC(Oc1ccc(N)cc1)C(=O)c1ccc2ccccc2c1. The number of nitrogen functional groups attached to an aromatic ring is 1. The molecule has 0 saturated heterocycles. The van der Waals surface area contributed by atoms with Crippen LogP contribution in [0.25, 0.3) is 10.8 Å². The Morgan fingerprint density at radius 3 is 2.39 bits per heavy atom. The molecule has 1 atom stereocenters. The molecule has 0 bridgehead atoms. The highest BCUT2D eigenvalue weighted by Crippen LogP contribution is 2.21. The van der Waals surface area contributed by atoms with Gasteiger partial charge in [-0.3, -0.25) is 4.79 Å². The predicted octanol–water partition coefficient (Wildman–Crippen LogP) is 4.46. The zero-order valence-electron chi connectivity index (χ0n) is 13.0. The molecule has 0 fully saturated rings. The largest absolute Gasteiger partial charge is 0.482 e. The molecule has 0 amide bonds. The van der Waals surface area contributed by atoms with E-state index in [1.807, 2.05) is 49.4 Å². The molecule has 0 radical (unpaired) electrons. The Labute approximate surface area is 135 Å². The van der Waals surface area contributed by atoms with Crippen LogP contribution in [0.4, 0.5) is 5.69 Å². The van der Waals surface area contributed by atoms with E-state index in [1.54, 1.807) is 24.3 Å². The van der Waals surface area contributed by atoms with Crippen LogP contribution in [0.5, 0.6) is 5.75 Å². The first-order valence-corrected chi connectivity index (χ1v) is 7.72. The maximum atomic E-state index is 12.7. The average molecular weight is 305 g/mol. The maximum Gasteiger partial charge on any atom is 0.203 e. The van der Waals surface area contributed by atoms with E-state index in [0.29, 0.717) is 23.4 Å². The Balaban J connectivity index is 1.84. The molecule has 0 aliphatic heterocycles. The van der Waals surface area contributed by atoms with Gasteiger partial charge in [0.15, 0.2) is 6.10 Å². The summed E-state index contributed by atoms with van der Waals surface area (Å²) in [6.07, 6.45) is 0.107. The summed E-state index contributed by atoms with van der Waals surface area (Å²) in [5.41, 5.74) is 7.02. The van der Waals surface area contributed by atoms with Crippen molar-refractivity contribution in [2.45, 2.75) is 19.4 Å². The van der Waals surface area contributed by atoms with Crippen molar-refractivity contribution in [2.24, 2.45) is 0 Å². The maximum absolute atomic E-state index is 12.7. The molecule has 3 aromatic carbocycles. The summed E-state index contributed by atoms with van der Waals surface area (Å²) in [6, 6.07) is 20.9. The molecule has 3 rings (SSSR count). The van der Waals surface area contributed by atoms with Gasteiger partial charge in [-0.15, -0.1) is 0 Å². The van der Waals surface area contributed by atoms with Crippen molar-refractivity contribution in [1.29, 1.82) is 0 Å². The van der Waals surface area contributed by atoms with Gasteiger partial charge in [-0.2, -0.15) is 0 Å². The predicted molar refractivity (Wildman–Crippen MR) is 93.8 cm³/mol. The second kappa shape index (κ2) is 6.53. The standard InChI is InChI=1S/C20H19NO2/c1-2-19(23-18-11-9-17(21)10-12-18)20(22)16-8-7-14-5-3-4-6-15(14)13-16/h3-13,19H,2,21H2,1H3. The van der Waals surface area contributed by atoms with Gasteiger partial charge in [0.2, 0.25) is 5.78 Å². The Hall–Kier alpha value is -2.81. The summed E-state index contributed by atoms with van der Waals surface area (Å²) in [4.78, 5) is 12.7. The van der Waals surface area contributed by atoms with E-state index in [4.69, 9.17) is 10.5 Å². The van der Waals surface area contributed by atoms with Crippen LogP contribution in [0.2, 0.25) is 0 Å². The molecule has 0 aromatic heterocycles. The summed E-state index contributed by atoms with van der Waals surface area (Å²) in [7, 11) is 0. The van der Waals surface area contributed by atoms with Crippen LogP contribution >= 0.6 is 0 Å². The van der Waals surface area contributed by atoms with Gasteiger partial charge in [0.05, 0.1) is 0 Å². The van der Waals surface area contributed by atoms with Gasteiger partial charge < -0.3 is 10.5 Å². The number of hydrogen-bond donors (Lipinski definition) is 1. The van der Waals surface area contributed by atoms with Crippen molar-refractivity contribution in [2.75, 3.05) is 5.73 Å². The fourth-order valence-electron chi connectivity index (χ4n) is 2.56. The van der Waals surface area contributed by atoms with E-state index in [1.165, 1.54) is 0 Å². The smallest absolute Gasteiger partial charge is 0.203 e. The third kappa shape index (κ3) is 3.34. The number of Topliss-reactive ketones (excluding diaryl/α,β-unsaturated/α-hetero) is 1. The number of carbonyl (C=O) groups excluding carboxylic acids is 1. The first-order valence-electron chi connectivity index (χ1n) is 7.72. The van der Waals surface area contributed by atoms with Gasteiger partial charge in [0.1, 0.15) is 5.75 Å². The minimum atomic E-state index is -0.500. The highest BCUT2D eigenvalue weighted by Gasteiger charge is 2.20. The zero-order valence-corrected chi connectivity index (χ0v) is 13.0. The number of carbonyl (C=O) groups is 1. The van der Waals surface area contributed by atoms with Gasteiger partial charge in [0, 0.05) is 11.3 Å². The van der Waals surface area contributed by atoms with Gasteiger partial charge in [0.25, 0.3) is 0 Å². The molecule has 3 aromatic rings. The van der Waals surface area contributed by atoms with Crippen LogP contribution in [0.15, 0.2) is 66.7 Å². The average Bonchev–Trinajstić information content (AvgIpc) is 2.60. The molecule has 1 unspecified atom stereocenters. The van der Waals surface area contributed by atoms with E-state index in [9.17, 15) is 4.79 Å². The minimum Gasteiger partial charge on any atom is -0.482 e. The fraction of sp³-hybridized carbons (Fsp3) is 0.150. The number of ketones is 1. The molecule has 116 valence electrons. The molecule has 23 heavy (non-hydrogen) atoms. The van der Waals surface area contributed by atoms with Crippen molar-refractivity contribution >= 4 is 22.2 Å². The highest BCUT2D eigenvalue weighted by molar-refractivity contribution is 6.02. The quantitative estimate of drug-likeness (QED) is 0.559. The summed E-state index contributed by atoms with van der Waals surface area (Å²) in [6.45, 7) is 1.95. The number of rotatable bonds is 5. The van der Waals surface area contributed by atoms with Gasteiger partial charge in [-0.05, 0) is 47.5 Å². The van der Waals surface area contributed by atoms with Crippen LogP contribution < -0.4 is 10.5 Å². The molecule has 3 nitrogen and oxygen atoms in total. The Kier molecular flexibility index (Phi) is 4.29. The van der Waals surface area contributed by atoms with Crippen LogP contribution in [0.1, 0.15) is 23.7 Å². The van der Waals surface area contributed by atoms with Gasteiger partial charge in [-0.1, -0.05) is 43.3 Å². The first-order chi connectivity index (χ1) is 11.2. The zero-order chi connectivity index (χ0) is 16.2. The molecular formula is C20H19NO2. The Morgan fingerprint density at radius 1 is 1.00 bits per heavy atom. The van der Waals surface area contributed by atoms with Crippen molar-refractivity contribution in [1.82, 2.24) is 0 Å². The summed E-state index contributed by atoms with van der Waals surface area (Å²) >= 11 is 0. The molecule has 3 heteroatoms. The van der Waals surface area contributed by atoms with Crippen LogP contribution in [0, 0.1) is 0 Å². The lowest BCUT2D eigenvalue weighted by atomic mass is 10.0. The first kappa shape index (κ1) is 15.1. The second-order valence-electron chi connectivity index (χ2n) is 5.51. The van der Waals surface area contributed by atoms with E-state index < -0.39 is 6.10 Å². The number of hydrogen-bond acceptors (Lipinski definition) is 3. The van der Waals surface area contributed by atoms with E-state index >= 15 is 0 Å². The normalized spacial score (nSPS) is 12.0. The lowest BCUT2D eigenvalue weighted by Crippen LogP contribution is -2.26. The van der Waals surface area contributed by atoms with E-state index in [2.05, 4.69) is 0 Å². The Morgan fingerprint density at radius 2 is 1.70 bits per heavy atom. The molecule has 0 aliphatic rings. The van der Waals surface area contributed by atoms with Crippen molar-refractivity contribution < 1.29 is 9.53 Å². The lowest BCUT2D eigenvalue weighted by molar-refractivity contribution is 0.0787. The summed E-state index contributed by atoms with van der Waals surface area (Å²) in [5.74, 6) is 0.648. The third-order valence-electron chi connectivity index (χ3n) is 3.86. The van der Waals surface area contributed by atoms with E-state index in [0.717, 1.165) is 10.8 Å². The summed E-state index contributed by atoms with van der Waals surface area (Å²) in [5, 5.41) is 2.18. The molecule has 0 aliphatic carbocycles. The lowest BCUT2D eigenvalue weighted by Gasteiger charge is -2.17. The van der Waals surface area contributed by atoms with Crippen molar-refractivity contribution in [3.05, 3.63) is 72.3 Å². The molecule has 0 heterocycles. The molecule has 0 saturated carbocycles. The van der Waals surface area contributed by atoms with E-state index in [-0.39, 0.29) is 5.78 Å². The topological polar surface area (TPSA) is 52.3 Å².